The second kappa shape index (κ2) is 9.70. The molecule has 0 radical (unpaired) electrons. The number of anilines is 1. The third kappa shape index (κ3) is 6.01. The fraction of sp³-hybridized carbons (Fsp3) is 0.286. The van der Waals surface area contributed by atoms with Crippen molar-refractivity contribution in [3.8, 4) is 5.69 Å². The van der Waals surface area contributed by atoms with Gasteiger partial charge in [-0.2, -0.15) is 10.2 Å². The fourth-order valence-electron chi connectivity index (χ4n) is 2.80. The number of hydrogen-bond acceptors (Lipinski definition) is 6. The van der Waals surface area contributed by atoms with Crippen LogP contribution in [0.3, 0.4) is 0 Å². The number of aromatic nitrogens is 4. The van der Waals surface area contributed by atoms with E-state index in [9.17, 15) is 14.4 Å². The maximum absolute atomic E-state index is 12.3. The molecule has 0 aliphatic heterocycles. The molecule has 0 saturated heterocycles. The van der Waals surface area contributed by atoms with Crippen molar-refractivity contribution in [2.24, 2.45) is 7.05 Å². The number of benzene rings is 1. The van der Waals surface area contributed by atoms with Crippen LogP contribution in [0.1, 0.15) is 17.7 Å². The second-order valence-corrected chi connectivity index (χ2v) is 7.12. The molecule has 31 heavy (non-hydrogen) atoms. The average molecular weight is 424 g/mol. The zero-order valence-electron chi connectivity index (χ0n) is 17.6. The summed E-state index contributed by atoms with van der Waals surface area (Å²) in [5, 5.41) is 11.2. The van der Waals surface area contributed by atoms with Crippen LogP contribution in [0.15, 0.2) is 53.7 Å². The second-order valence-electron chi connectivity index (χ2n) is 7.12. The number of nitrogens with zero attached hydrogens (tertiary/aromatic N) is 5. The number of ether oxygens (including phenoxy) is 1. The molecule has 2 heterocycles. The summed E-state index contributed by atoms with van der Waals surface area (Å²) in [7, 11) is 5.08. The standard InChI is InChI=1S/C21H24N6O4/c1-25(2)20(29)8-10-31-21(30)23-16-6-4-5-15(11-16)12-18-19(28)7-9-27(24-18)17-13-22-26(3)14-17/h4-7,9,11,13-14H,8,10,12H2,1-3H3,(H,23,30). The highest BCUT2D eigenvalue weighted by atomic mass is 16.5. The van der Waals surface area contributed by atoms with Gasteiger partial charge in [0.05, 0.1) is 18.8 Å². The molecule has 3 rings (SSSR count). The molecule has 1 aromatic carbocycles. The van der Waals surface area contributed by atoms with Crippen LogP contribution in [0, 0.1) is 0 Å². The van der Waals surface area contributed by atoms with Crippen LogP contribution in [-0.4, -0.2) is 57.2 Å². The van der Waals surface area contributed by atoms with Gasteiger partial charge in [-0.25, -0.2) is 9.48 Å². The van der Waals surface area contributed by atoms with Gasteiger partial charge in [-0.1, -0.05) is 12.1 Å². The van der Waals surface area contributed by atoms with Crippen molar-refractivity contribution >= 4 is 17.7 Å². The van der Waals surface area contributed by atoms with Gasteiger partial charge in [-0.05, 0) is 17.7 Å². The number of rotatable bonds is 7. The van der Waals surface area contributed by atoms with E-state index in [0.717, 1.165) is 11.3 Å². The smallest absolute Gasteiger partial charge is 0.411 e. The minimum Gasteiger partial charge on any atom is -0.449 e. The molecule has 2 aromatic heterocycles. The van der Waals surface area contributed by atoms with Gasteiger partial charge < -0.3 is 9.64 Å². The Morgan fingerprint density at radius 2 is 2.03 bits per heavy atom. The lowest BCUT2D eigenvalue weighted by molar-refractivity contribution is -0.129. The lowest BCUT2D eigenvalue weighted by Gasteiger charge is -2.11. The van der Waals surface area contributed by atoms with Crippen molar-refractivity contribution < 1.29 is 14.3 Å². The minimum absolute atomic E-state index is 0.00957. The number of carbonyl (C=O) groups excluding carboxylic acids is 2. The number of nitrogens with one attached hydrogen (secondary N) is 1. The number of aryl methyl sites for hydroxylation is 1. The normalized spacial score (nSPS) is 10.5. The molecular formula is C21H24N6O4. The zero-order chi connectivity index (χ0) is 22.4. The molecule has 2 amide bonds. The molecule has 0 spiro atoms. The molecule has 0 bridgehead atoms. The van der Waals surface area contributed by atoms with E-state index in [4.69, 9.17) is 4.74 Å². The summed E-state index contributed by atoms with van der Waals surface area (Å²) >= 11 is 0. The first-order valence-electron chi connectivity index (χ1n) is 9.62. The van der Waals surface area contributed by atoms with Gasteiger partial charge in [0, 0.05) is 45.5 Å². The van der Waals surface area contributed by atoms with Crippen LogP contribution >= 0.6 is 0 Å². The van der Waals surface area contributed by atoms with E-state index in [1.807, 2.05) is 6.07 Å². The molecule has 0 aliphatic carbocycles. The molecule has 0 unspecified atom stereocenters. The largest absolute Gasteiger partial charge is 0.449 e. The Balaban J connectivity index is 1.65. The quantitative estimate of drug-likeness (QED) is 0.616. The predicted molar refractivity (Wildman–Crippen MR) is 114 cm³/mol. The van der Waals surface area contributed by atoms with E-state index in [2.05, 4.69) is 15.5 Å². The Kier molecular flexibility index (Phi) is 6.81. The molecule has 0 aliphatic rings. The average Bonchev–Trinajstić information content (AvgIpc) is 3.16. The molecule has 0 saturated carbocycles. The molecule has 1 N–H and O–H groups in total. The minimum atomic E-state index is -0.652. The highest BCUT2D eigenvalue weighted by Gasteiger charge is 2.10. The Morgan fingerprint density at radius 3 is 2.74 bits per heavy atom. The summed E-state index contributed by atoms with van der Waals surface area (Å²) in [6.07, 6.45) is 4.80. The van der Waals surface area contributed by atoms with Crippen molar-refractivity contribution in [1.29, 1.82) is 0 Å². The van der Waals surface area contributed by atoms with Crippen LogP contribution in [0.4, 0.5) is 10.5 Å². The number of carbonyl (C=O) groups is 2. The maximum atomic E-state index is 12.3. The van der Waals surface area contributed by atoms with Gasteiger partial charge in [0.1, 0.15) is 18.0 Å². The van der Waals surface area contributed by atoms with Crippen molar-refractivity contribution in [3.63, 3.8) is 0 Å². The van der Waals surface area contributed by atoms with Gasteiger partial charge in [-0.15, -0.1) is 0 Å². The third-order valence-electron chi connectivity index (χ3n) is 4.43. The van der Waals surface area contributed by atoms with Gasteiger partial charge in [-0.3, -0.25) is 19.6 Å². The van der Waals surface area contributed by atoms with Crippen LogP contribution in [0.2, 0.25) is 0 Å². The summed E-state index contributed by atoms with van der Waals surface area (Å²) in [6.45, 7) is -0.00957. The topological polar surface area (TPSA) is 111 Å². The van der Waals surface area contributed by atoms with Crippen LogP contribution < -0.4 is 10.7 Å². The van der Waals surface area contributed by atoms with E-state index >= 15 is 0 Å². The molecule has 0 atom stereocenters. The molecule has 3 aromatic rings. The Morgan fingerprint density at radius 1 is 1.23 bits per heavy atom. The first-order chi connectivity index (χ1) is 14.8. The lowest BCUT2D eigenvalue weighted by Crippen LogP contribution is -2.24. The van der Waals surface area contributed by atoms with Crippen molar-refractivity contribution in [2.45, 2.75) is 12.8 Å². The lowest BCUT2D eigenvalue weighted by atomic mass is 10.1. The van der Waals surface area contributed by atoms with E-state index < -0.39 is 6.09 Å². The molecule has 162 valence electrons. The van der Waals surface area contributed by atoms with Crippen molar-refractivity contribution in [3.05, 3.63) is 70.4 Å². The van der Waals surface area contributed by atoms with Crippen LogP contribution in [0.5, 0.6) is 0 Å². The highest BCUT2D eigenvalue weighted by molar-refractivity contribution is 5.85. The molecular weight excluding hydrogens is 400 g/mol. The van der Waals surface area contributed by atoms with Gasteiger partial charge >= 0.3 is 6.09 Å². The summed E-state index contributed by atoms with van der Waals surface area (Å²) in [6, 6.07) is 8.53. The van der Waals surface area contributed by atoms with E-state index in [1.54, 1.807) is 67.3 Å². The van der Waals surface area contributed by atoms with Gasteiger partial charge in [0.15, 0.2) is 0 Å². The van der Waals surface area contributed by atoms with Gasteiger partial charge in [0.25, 0.3) is 0 Å². The molecule has 10 heteroatoms. The Hall–Kier alpha value is -3.95. The third-order valence-corrected chi connectivity index (χ3v) is 4.43. The highest BCUT2D eigenvalue weighted by Crippen LogP contribution is 2.14. The van der Waals surface area contributed by atoms with Gasteiger partial charge in [0.2, 0.25) is 11.3 Å². The fourth-order valence-corrected chi connectivity index (χ4v) is 2.80. The van der Waals surface area contributed by atoms with Crippen LogP contribution in [-0.2, 0) is 23.0 Å². The van der Waals surface area contributed by atoms with Crippen molar-refractivity contribution in [1.82, 2.24) is 24.5 Å². The zero-order valence-corrected chi connectivity index (χ0v) is 17.6. The molecule has 10 nitrogen and oxygen atoms in total. The van der Waals surface area contributed by atoms with Crippen molar-refractivity contribution in [2.75, 3.05) is 26.0 Å². The maximum Gasteiger partial charge on any atom is 0.411 e. The predicted octanol–water partition coefficient (Wildman–Crippen LogP) is 1.58. The monoisotopic (exact) mass is 424 g/mol. The summed E-state index contributed by atoms with van der Waals surface area (Å²) in [5.74, 6) is -0.123. The SMILES string of the molecule is CN(C)C(=O)CCOC(=O)Nc1cccc(Cc2nn(-c3cnn(C)c3)ccc2=O)c1. The van der Waals surface area contributed by atoms with E-state index in [-0.39, 0.29) is 24.4 Å². The first kappa shape index (κ1) is 21.8. The number of amides is 2. The summed E-state index contributed by atoms with van der Waals surface area (Å²) in [4.78, 5) is 37.2. The Labute approximate surface area is 179 Å². The Bertz CT molecular complexity index is 1130. The summed E-state index contributed by atoms with van der Waals surface area (Å²) in [5.41, 5.74) is 2.26. The van der Waals surface area contributed by atoms with E-state index in [0.29, 0.717) is 17.8 Å². The van der Waals surface area contributed by atoms with Crippen LogP contribution in [0.25, 0.3) is 5.69 Å². The first-order valence-corrected chi connectivity index (χ1v) is 9.62. The molecule has 0 fully saturated rings. The summed E-state index contributed by atoms with van der Waals surface area (Å²) < 4.78 is 8.29. The number of hydrogen-bond donors (Lipinski definition) is 1. The van der Waals surface area contributed by atoms with E-state index in [1.165, 1.54) is 11.0 Å².